The highest BCUT2D eigenvalue weighted by Gasteiger charge is 2.29. The number of ether oxygens (including phenoxy) is 3. The molecular formula is C27H33N5O8S. The summed E-state index contributed by atoms with van der Waals surface area (Å²) in [4.78, 5) is 23.6. The third kappa shape index (κ3) is 6.84. The Morgan fingerprint density at radius 3 is 2.61 bits per heavy atom. The number of nitro groups is 1. The average molecular weight is 588 g/mol. The van der Waals surface area contributed by atoms with Gasteiger partial charge in [-0.3, -0.25) is 14.9 Å². The molecule has 3 aromatic rings. The minimum absolute atomic E-state index is 0.0614. The van der Waals surface area contributed by atoms with E-state index in [0.717, 1.165) is 25.0 Å². The van der Waals surface area contributed by atoms with Crippen LogP contribution in [0, 0.1) is 17.0 Å². The summed E-state index contributed by atoms with van der Waals surface area (Å²) in [7, 11) is -2.69. The number of aromatic nitrogens is 2. The monoisotopic (exact) mass is 587 g/mol. The number of non-ortho nitro benzene ring substituents is 1. The van der Waals surface area contributed by atoms with Gasteiger partial charge in [-0.25, -0.2) is 13.1 Å². The first kappa shape index (κ1) is 30.0. The second-order valence-electron chi connectivity index (χ2n) is 9.65. The fraction of sp³-hybridized carbons (Fsp3) is 0.407. The smallest absolute Gasteiger partial charge is 0.272 e. The molecule has 0 aliphatic carbocycles. The molecule has 0 unspecified atom stereocenters. The van der Waals surface area contributed by atoms with E-state index in [9.17, 15) is 23.3 Å². The van der Waals surface area contributed by atoms with Gasteiger partial charge in [0.15, 0.2) is 5.69 Å². The lowest BCUT2D eigenvalue weighted by Gasteiger charge is -2.16. The average Bonchev–Trinajstić information content (AvgIpc) is 3.59. The van der Waals surface area contributed by atoms with Crippen molar-refractivity contribution < 1.29 is 32.3 Å². The molecule has 0 bridgehead atoms. The van der Waals surface area contributed by atoms with Crippen molar-refractivity contribution in [2.45, 2.75) is 57.1 Å². The van der Waals surface area contributed by atoms with Crippen molar-refractivity contribution in [1.82, 2.24) is 19.8 Å². The zero-order chi connectivity index (χ0) is 29.7. The van der Waals surface area contributed by atoms with Crippen LogP contribution in [-0.4, -0.2) is 61.4 Å². The molecule has 0 radical (unpaired) electrons. The van der Waals surface area contributed by atoms with E-state index in [-0.39, 0.29) is 23.4 Å². The van der Waals surface area contributed by atoms with Crippen LogP contribution in [0.2, 0.25) is 0 Å². The zero-order valence-corrected chi connectivity index (χ0v) is 24.1. The van der Waals surface area contributed by atoms with E-state index in [0.29, 0.717) is 36.6 Å². The number of hydrogen-bond donors (Lipinski definition) is 2. The normalized spacial score (nSPS) is 15.9. The number of carbonyl (C=O) groups is 1. The van der Waals surface area contributed by atoms with Gasteiger partial charge in [0.25, 0.3) is 11.6 Å². The Kier molecular flexibility index (Phi) is 9.25. The third-order valence-corrected chi connectivity index (χ3v) is 8.33. The standard InChI is InChI=1S/C27H33N5O8S/c1-5-17(2)30-41(36,37)24-15-20(32(34)35)10-13-23(24)40-27-18(3)25(26(33)28-16-22-7-6-14-39-22)29-31(27)19-8-11-21(38-4)12-9-19/h8-13,15,17,22,30H,5-7,14,16H2,1-4H3,(H,28,33)/t17-,22-/m1/s1. The van der Waals surface area contributed by atoms with Crippen LogP contribution in [0.5, 0.6) is 17.4 Å². The van der Waals surface area contributed by atoms with E-state index in [1.807, 2.05) is 0 Å². The molecule has 0 saturated carbocycles. The molecule has 1 amide bonds. The Balaban J connectivity index is 1.79. The van der Waals surface area contributed by atoms with Gasteiger partial charge in [-0.1, -0.05) is 6.92 Å². The lowest BCUT2D eigenvalue weighted by Crippen LogP contribution is -2.32. The van der Waals surface area contributed by atoms with Gasteiger partial charge in [0.2, 0.25) is 15.9 Å². The van der Waals surface area contributed by atoms with Gasteiger partial charge >= 0.3 is 0 Å². The molecular weight excluding hydrogens is 554 g/mol. The number of methoxy groups -OCH3 is 1. The van der Waals surface area contributed by atoms with Gasteiger partial charge in [0, 0.05) is 36.9 Å². The van der Waals surface area contributed by atoms with E-state index in [1.165, 1.54) is 17.9 Å². The number of nitrogens with zero attached hydrogens (tertiary/aromatic N) is 3. The van der Waals surface area contributed by atoms with Crippen molar-refractivity contribution in [1.29, 1.82) is 0 Å². The van der Waals surface area contributed by atoms with Crippen LogP contribution in [0.15, 0.2) is 47.4 Å². The maximum absolute atomic E-state index is 13.3. The number of sulfonamides is 1. The second-order valence-corrected chi connectivity index (χ2v) is 11.3. The van der Waals surface area contributed by atoms with Gasteiger partial charge < -0.3 is 19.5 Å². The third-order valence-electron chi connectivity index (χ3n) is 6.72. The van der Waals surface area contributed by atoms with Gasteiger partial charge in [-0.05, 0) is 63.4 Å². The molecule has 1 aliphatic heterocycles. The molecule has 4 rings (SSSR count). The molecule has 2 heterocycles. The second kappa shape index (κ2) is 12.7. The van der Waals surface area contributed by atoms with Crippen molar-refractivity contribution >= 4 is 21.6 Å². The van der Waals surface area contributed by atoms with Gasteiger partial charge in [0.1, 0.15) is 16.4 Å². The summed E-state index contributed by atoms with van der Waals surface area (Å²) >= 11 is 0. The number of hydrogen-bond acceptors (Lipinski definition) is 9. The quantitative estimate of drug-likeness (QED) is 0.236. The highest BCUT2D eigenvalue weighted by atomic mass is 32.2. The lowest BCUT2D eigenvalue weighted by molar-refractivity contribution is -0.385. The van der Waals surface area contributed by atoms with Crippen LogP contribution in [0.25, 0.3) is 5.69 Å². The highest BCUT2D eigenvalue weighted by Crippen LogP contribution is 2.36. The first-order chi connectivity index (χ1) is 19.5. The summed E-state index contributed by atoms with van der Waals surface area (Å²) in [6, 6.07) is 9.67. The molecule has 13 nitrogen and oxygen atoms in total. The predicted molar refractivity (Wildman–Crippen MR) is 149 cm³/mol. The fourth-order valence-electron chi connectivity index (χ4n) is 4.23. The largest absolute Gasteiger partial charge is 0.497 e. The number of amides is 1. The minimum atomic E-state index is -4.22. The Bertz CT molecular complexity index is 1520. The maximum atomic E-state index is 13.3. The Hall–Kier alpha value is -4.01. The molecule has 41 heavy (non-hydrogen) atoms. The highest BCUT2D eigenvalue weighted by molar-refractivity contribution is 7.89. The molecule has 0 spiro atoms. The first-order valence-electron chi connectivity index (χ1n) is 13.2. The van der Waals surface area contributed by atoms with Gasteiger partial charge in [-0.15, -0.1) is 0 Å². The Morgan fingerprint density at radius 1 is 1.27 bits per heavy atom. The van der Waals surface area contributed by atoms with Gasteiger partial charge in [0.05, 0.1) is 23.8 Å². The van der Waals surface area contributed by atoms with Crippen molar-refractivity contribution in [2.24, 2.45) is 0 Å². The summed E-state index contributed by atoms with van der Waals surface area (Å²) in [6.07, 6.45) is 2.19. The van der Waals surface area contributed by atoms with Crippen LogP contribution >= 0.6 is 0 Å². The molecule has 2 atom stereocenters. The number of carbonyl (C=O) groups excluding carboxylic acids is 1. The molecule has 1 saturated heterocycles. The van der Waals surface area contributed by atoms with E-state index < -0.39 is 37.5 Å². The number of nitro benzene ring substituents is 1. The maximum Gasteiger partial charge on any atom is 0.272 e. The molecule has 1 aromatic heterocycles. The van der Waals surface area contributed by atoms with Crippen molar-refractivity contribution in [2.75, 3.05) is 20.3 Å². The van der Waals surface area contributed by atoms with E-state index >= 15 is 0 Å². The first-order valence-corrected chi connectivity index (χ1v) is 14.6. The summed E-state index contributed by atoms with van der Waals surface area (Å²) < 4.78 is 47.5. The van der Waals surface area contributed by atoms with Crippen molar-refractivity contribution in [3.05, 3.63) is 63.8 Å². The summed E-state index contributed by atoms with van der Waals surface area (Å²) in [5.41, 5.74) is 0.489. The van der Waals surface area contributed by atoms with Crippen LogP contribution in [0.1, 0.15) is 49.2 Å². The Morgan fingerprint density at radius 2 is 2.00 bits per heavy atom. The van der Waals surface area contributed by atoms with E-state index in [4.69, 9.17) is 14.2 Å². The van der Waals surface area contributed by atoms with Crippen LogP contribution < -0.4 is 19.5 Å². The lowest BCUT2D eigenvalue weighted by atomic mass is 10.2. The minimum Gasteiger partial charge on any atom is -0.497 e. The summed E-state index contributed by atoms with van der Waals surface area (Å²) in [5.74, 6) is 0.0290. The molecule has 14 heteroatoms. The summed E-state index contributed by atoms with van der Waals surface area (Å²) in [6.45, 7) is 6.08. The Labute approximate surface area is 238 Å². The van der Waals surface area contributed by atoms with E-state index in [1.54, 1.807) is 45.0 Å². The molecule has 2 N–H and O–H groups in total. The SMILES string of the molecule is CC[C@@H](C)NS(=O)(=O)c1cc([N+](=O)[O-])ccc1Oc1c(C)c(C(=O)NC[C@H]2CCCO2)nn1-c1ccc(OC)cc1. The van der Waals surface area contributed by atoms with Crippen LogP contribution in [-0.2, 0) is 14.8 Å². The van der Waals surface area contributed by atoms with Crippen LogP contribution in [0.4, 0.5) is 5.69 Å². The summed E-state index contributed by atoms with van der Waals surface area (Å²) in [5, 5.41) is 18.8. The van der Waals surface area contributed by atoms with Crippen LogP contribution in [0.3, 0.4) is 0 Å². The fourth-order valence-corrected chi connectivity index (χ4v) is 5.70. The zero-order valence-electron chi connectivity index (χ0n) is 23.2. The predicted octanol–water partition coefficient (Wildman–Crippen LogP) is 3.88. The van der Waals surface area contributed by atoms with Gasteiger partial charge in [-0.2, -0.15) is 9.78 Å². The number of nitrogens with one attached hydrogen (secondary N) is 2. The molecule has 1 aliphatic rings. The molecule has 2 aromatic carbocycles. The van der Waals surface area contributed by atoms with Crippen molar-refractivity contribution in [3.8, 4) is 23.1 Å². The van der Waals surface area contributed by atoms with E-state index in [2.05, 4.69) is 15.1 Å². The topological polar surface area (TPSA) is 164 Å². The molecule has 1 fully saturated rings. The van der Waals surface area contributed by atoms with Crippen molar-refractivity contribution in [3.63, 3.8) is 0 Å². The molecule has 220 valence electrons. The number of rotatable bonds is 12. The number of benzene rings is 2.